The molecule has 3 aromatic rings. The Hall–Kier alpha value is -3.32. The standard InChI is InChI=1S/C19H18N6O/c20-16-9-24-17(13-2-1-4-22-8-13)7-15(16)19(21)12-3-5-23-18(6-12)25-10-14(26)11-25/h1-9,14,21,26H,10-11,20H2. The van der Waals surface area contributed by atoms with Gasteiger partial charge in [-0.05, 0) is 30.3 Å². The largest absolute Gasteiger partial charge is 0.397 e. The molecule has 0 spiro atoms. The molecule has 0 aromatic carbocycles. The van der Waals surface area contributed by atoms with Crippen LogP contribution >= 0.6 is 0 Å². The minimum Gasteiger partial charge on any atom is -0.397 e. The summed E-state index contributed by atoms with van der Waals surface area (Å²) in [6, 6.07) is 9.19. The summed E-state index contributed by atoms with van der Waals surface area (Å²) in [5, 5.41) is 18.1. The zero-order valence-corrected chi connectivity index (χ0v) is 14.0. The second kappa shape index (κ2) is 6.53. The van der Waals surface area contributed by atoms with E-state index in [9.17, 15) is 5.11 Å². The maximum Gasteiger partial charge on any atom is 0.129 e. The molecule has 1 fully saturated rings. The summed E-state index contributed by atoms with van der Waals surface area (Å²) in [4.78, 5) is 14.8. The number of nitrogens with two attached hydrogens (primary N) is 1. The number of nitrogens with zero attached hydrogens (tertiary/aromatic N) is 4. The van der Waals surface area contributed by atoms with E-state index in [2.05, 4.69) is 15.0 Å². The Morgan fingerprint density at radius 3 is 2.73 bits per heavy atom. The Morgan fingerprint density at radius 2 is 2.00 bits per heavy atom. The molecule has 7 heteroatoms. The van der Waals surface area contributed by atoms with Gasteiger partial charge >= 0.3 is 0 Å². The van der Waals surface area contributed by atoms with Gasteiger partial charge in [0, 0.05) is 48.4 Å². The number of rotatable bonds is 4. The van der Waals surface area contributed by atoms with Gasteiger partial charge in [0.05, 0.1) is 29.4 Å². The fraction of sp³-hybridized carbons (Fsp3) is 0.158. The van der Waals surface area contributed by atoms with Crippen LogP contribution in [0.4, 0.5) is 11.5 Å². The molecule has 0 atom stereocenters. The smallest absolute Gasteiger partial charge is 0.129 e. The SMILES string of the molecule is N=C(c1ccnc(N2CC(O)C2)c1)c1cc(-c2cccnc2)ncc1N. The zero-order chi connectivity index (χ0) is 18.1. The van der Waals surface area contributed by atoms with Crippen molar-refractivity contribution in [1.29, 1.82) is 5.41 Å². The van der Waals surface area contributed by atoms with E-state index in [4.69, 9.17) is 11.1 Å². The van der Waals surface area contributed by atoms with E-state index in [1.165, 1.54) is 0 Å². The van der Waals surface area contributed by atoms with Crippen LogP contribution in [0.15, 0.2) is 55.1 Å². The summed E-state index contributed by atoms with van der Waals surface area (Å²) < 4.78 is 0. The second-order valence-electron chi connectivity index (χ2n) is 6.24. The van der Waals surface area contributed by atoms with Crippen LogP contribution in [0.25, 0.3) is 11.3 Å². The molecule has 4 heterocycles. The third-order valence-corrected chi connectivity index (χ3v) is 4.38. The average Bonchev–Trinajstić information content (AvgIpc) is 2.66. The first kappa shape index (κ1) is 16.2. The maximum atomic E-state index is 9.47. The number of aromatic nitrogens is 3. The van der Waals surface area contributed by atoms with Crippen molar-refractivity contribution in [3.63, 3.8) is 0 Å². The first-order chi connectivity index (χ1) is 12.6. The number of nitrogens with one attached hydrogen (secondary N) is 1. The van der Waals surface area contributed by atoms with E-state index in [0.717, 1.165) is 11.4 Å². The molecule has 130 valence electrons. The Labute approximate surface area is 150 Å². The summed E-state index contributed by atoms with van der Waals surface area (Å²) in [6.45, 7) is 1.12. The monoisotopic (exact) mass is 346 g/mol. The lowest BCUT2D eigenvalue weighted by Crippen LogP contribution is -2.51. The van der Waals surface area contributed by atoms with Crippen LogP contribution in [0.3, 0.4) is 0 Å². The average molecular weight is 346 g/mol. The summed E-state index contributed by atoms with van der Waals surface area (Å²) in [7, 11) is 0. The van der Waals surface area contributed by atoms with Gasteiger partial charge in [0.1, 0.15) is 5.82 Å². The molecule has 3 aromatic heterocycles. The Bertz CT molecular complexity index is 953. The van der Waals surface area contributed by atoms with Gasteiger partial charge in [0.2, 0.25) is 0 Å². The Kier molecular flexibility index (Phi) is 4.06. The van der Waals surface area contributed by atoms with Crippen molar-refractivity contribution in [2.45, 2.75) is 6.10 Å². The van der Waals surface area contributed by atoms with Crippen molar-refractivity contribution in [2.24, 2.45) is 0 Å². The number of anilines is 2. The van der Waals surface area contributed by atoms with E-state index < -0.39 is 0 Å². The Balaban J connectivity index is 1.67. The van der Waals surface area contributed by atoms with Gasteiger partial charge in [-0.3, -0.25) is 15.4 Å². The third kappa shape index (κ3) is 3.00. The number of β-amino-alcohol motifs (C(OH)–C–C–N with tert-alkyl or cyclic N) is 1. The maximum absolute atomic E-state index is 9.47. The molecule has 0 unspecified atom stereocenters. The van der Waals surface area contributed by atoms with E-state index in [0.29, 0.717) is 41.3 Å². The van der Waals surface area contributed by atoms with Crippen LogP contribution < -0.4 is 10.6 Å². The van der Waals surface area contributed by atoms with Gasteiger partial charge < -0.3 is 15.7 Å². The highest BCUT2D eigenvalue weighted by atomic mass is 16.3. The molecule has 4 N–H and O–H groups in total. The molecule has 4 rings (SSSR count). The predicted octanol–water partition coefficient (Wildman–Crippen LogP) is 1.72. The van der Waals surface area contributed by atoms with Crippen LogP contribution in [-0.2, 0) is 0 Å². The lowest BCUT2D eigenvalue weighted by molar-refractivity contribution is 0.141. The molecule has 26 heavy (non-hydrogen) atoms. The molecule has 0 amide bonds. The van der Waals surface area contributed by atoms with Crippen LogP contribution in [0.5, 0.6) is 0 Å². The normalized spacial score (nSPS) is 14.1. The van der Waals surface area contributed by atoms with E-state index in [1.54, 1.807) is 30.9 Å². The van der Waals surface area contributed by atoms with Gasteiger partial charge in [-0.1, -0.05) is 0 Å². The molecular weight excluding hydrogens is 328 g/mol. The van der Waals surface area contributed by atoms with E-state index in [-0.39, 0.29) is 6.10 Å². The van der Waals surface area contributed by atoms with Gasteiger partial charge in [0.15, 0.2) is 0 Å². The van der Waals surface area contributed by atoms with Gasteiger partial charge in [0.25, 0.3) is 0 Å². The first-order valence-electron chi connectivity index (χ1n) is 8.26. The van der Waals surface area contributed by atoms with Gasteiger partial charge in [-0.2, -0.15) is 0 Å². The quantitative estimate of drug-likeness (QED) is 0.620. The molecule has 0 radical (unpaired) electrons. The highest BCUT2D eigenvalue weighted by molar-refractivity contribution is 6.14. The molecule has 1 aliphatic rings. The predicted molar refractivity (Wildman–Crippen MR) is 100 cm³/mol. The fourth-order valence-corrected chi connectivity index (χ4v) is 2.90. The number of aliphatic hydroxyl groups excluding tert-OH is 1. The highest BCUT2D eigenvalue weighted by Gasteiger charge is 2.25. The van der Waals surface area contributed by atoms with Crippen molar-refractivity contribution < 1.29 is 5.11 Å². The summed E-state index contributed by atoms with van der Waals surface area (Å²) in [5.74, 6) is 0.748. The lowest BCUT2D eigenvalue weighted by Gasteiger charge is -2.36. The summed E-state index contributed by atoms with van der Waals surface area (Å²) >= 11 is 0. The first-order valence-corrected chi connectivity index (χ1v) is 8.26. The summed E-state index contributed by atoms with van der Waals surface area (Å²) in [5.41, 5.74) is 9.74. The van der Waals surface area contributed by atoms with Gasteiger partial charge in [-0.25, -0.2) is 4.98 Å². The molecular formula is C19H18N6O. The fourth-order valence-electron chi connectivity index (χ4n) is 2.90. The minimum atomic E-state index is -0.308. The van der Waals surface area contributed by atoms with E-state index in [1.807, 2.05) is 29.2 Å². The van der Waals surface area contributed by atoms with Crippen LogP contribution in [-0.4, -0.2) is 45.0 Å². The molecule has 0 aliphatic carbocycles. The van der Waals surface area contributed by atoms with Gasteiger partial charge in [-0.15, -0.1) is 0 Å². The third-order valence-electron chi connectivity index (χ3n) is 4.38. The number of hydrogen-bond donors (Lipinski definition) is 3. The minimum absolute atomic E-state index is 0.305. The molecule has 7 nitrogen and oxygen atoms in total. The lowest BCUT2D eigenvalue weighted by atomic mass is 10.0. The van der Waals surface area contributed by atoms with Crippen molar-refractivity contribution in [2.75, 3.05) is 23.7 Å². The van der Waals surface area contributed by atoms with Crippen LogP contribution in [0, 0.1) is 5.41 Å². The van der Waals surface area contributed by atoms with Crippen molar-refractivity contribution in [3.8, 4) is 11.3 Å². The number of hydrogen-bond acceptors (Lipinski definition) is 7. The van der Waals surface area contributed by atoms with Crippen molar-refractivity contribution >= 4 is 17.2 Å². The second-order valence-corrected chi connectivity index (χ2v) is 6.24. The summed E-state index contributed by atoms with van der Waals surface area (Å²) in [6.07, 6.45) is 6.36. The molecule has 1 saturated heterocycles. The zero-order valence-electron chi connectivity index (χ0n) is 14.0. The molecule has 0 bridgehead atoms. The number of aliphatic hydroxyl groups is 1. The molecule has 0 saturated carbocycles. The number of pyridine rings is 3. The van der Waals surface area contributed by atoms with Crippen LogP contribution in [0.1, 0.15) is 11.1 Å². The number of nitrogen functional groups attached to an aromatic ring is 1. The van der Waals surface area contributed by atoms with Crippen LogP contribution in [0.2, 0.25) is 0 Å². The molecule has 1 aliphatic heterocycles. The van der Waals surface area contributed by atoms with Crippen molar-refractivity contribution in [3.05, 3.63) is 66.2 Å². The Morgan fingerprint density at radius 1 is 1.15 bits per heavy atom. The van der Waals surface area contributed by atoms with E-state index >= 15 is 0 Å². The highest BCUT2D eigenvalue weighted by Crippen LogP contribution is 2.25. The topological polar surface area (TPSA) is 112 Å². The van der Waals surface area contributed by atoms with Crippen molar-refractivity contribution in [1.82, 2.24) is 15.0 Å².